The fourth-order valence-corrected chi connectivity index (χ4v) is 5.99. The van der Waals surface area contributed by atoms with Crippen molar-refractivity contribution in [1.29, 1.82) is 0 Å². The summed E-state index contributed by atoms with van der Waals surface area (Å²) < 4.78 is 0. The molecule has 2 aliphatic rings. The molecule has 2 fully saturated rings. The second-order valence-corrected chi connectivity index (χ2v) is 11.9. The smallest absolute Gasteiger partial charge is 0.304 e. The third-order valence-electron chi connectivity index (χ3n) is 8.09. The van der Waals surface area contributed by atoms with Crippen LogP contribution in [-0.4, -0.2) is 80.7 Å². The number of carbonyl (C=O) groups is 1. The first-order valence-corrected chi connectivity index (χ1v) is 10.9. The summed E-state index contributed by atoms with van der Waals surface area (Å²) in [6.07, 6.45) is 4.55. The molecule has 0 radical (unpaired) electrons. The predicted octanol–water partition coefficient (Wildman–Crippen LogP) is 4.07. The van der Waals surface area contributed by atoms with E-state index in [-0.39, 0.29) is 28.6 Å². The van der Waals surface area contributed by atoms with Crippen LogP contribution in [-0.2, 0) is 4.79 Å². The van der Waals surface area contributed by atoms with Gasteiger partial charge in [0.1, 0.15) is 0 Å². The van der Waals surface area contributed by atoms with Crippen LogP contribution in [0.3, 0.4) is 0 Å². The molecule has 2 saturated heterocycles. The summed E-state index contributed by atoms with van der Waals surface area (Å²) in [6, 6.07) is 0.834. The molecule has 0 spiro atoms. The molecule has 5 heteroatoms. The van der Waals surface area contributed by atoms with Gasteiger partial charge < -0.3 is 5.11 Å². The van der Waals surface area contributed by atoms with Crippen molar-refractivity contribution in [2.45, 2.75) is 122 Å². The van der Waals surface area contributed by atoms with Crippen LogP contribution in [0.2, 0.25) is 0 Å². The quantitative estimate of drug-likeness (QED) is 0.760. The topological polar surface area (TPSA) is 47.0 Å². The van der Waals surface area contributed by atoms with Crippen LogP contribution in [0.15, 0.2) is 0 Å². The summed E-state index contributed by atoms with van der Waals surface area (Å²) in [7, 11) is 4.47. The molecule has 0 aromatic heterocycles. The van der Waals surface area contributed by atoms with E-state index in [2.05, 4.69) is 84.2 Å². The van der Waals surface area contributed by atoms with E-state index in [0.29, 0.717) is 18.6 Å². The average Bonchev–Trinajstić information content (AvgIpc) is 2.49. The molecule has 0 saturated carbocycles. The normalized spacial score (nSPS) is 28.5. The molecule has 2 aliphatic heterocycles. The van der Waals surface area contributed by atoms with Crippen molar-refractivity contribution in [3.63, 3.8) is 0 Å². The maximum absolute atomic E-state index is 11.4. The zero-order valence-corrected chi connectivity index (χ0v) is 20.1. The van der Waals surface area contributed by atoms with E-state index < -0.39 is 5.97 Å². The van der Waals surface area contributed by atoms with Gasteiger partial charge in [-0.25, -0.2) is 0 Å². The molecule has 5 nitrogen and oxygen atoms in total. The minimum Gasteiger partial charge on any atom is -0.481 e. The van der Waals surface area contributed by atoms with Crippen molar-refractivity contribution in [2.24, 2.45) is 0 Å². The molecular formula is C23H45N3O2. The monoisotopic (exact) mass is 395 g/mol. The van der Waals surface area contributed by atoms with Crippen LogP contribution in [0, 0.1) is 0 Å². The number of carboxylic acids is 1. The number of hydrogen-bond donors (Lipinski definition) is 1. The lowest BCUT2D eigenvalue weighted by atomic mass is 9.73. The lowest BCUT2D eigenvalue weighted by Crippen LogP contribution is -2.67. The Morgan fingerprint density at radius 2 is 1.07 bits per heavy atom. The van der Waals surface area contributed by atoms with Gasteiger partial charge in [0.2, 0.25) is 0 Å². The number of piperidine rings is 2. The zero-order chi connectivity index (χ0) is 21.7. The highest BCUT2D eigenvalue weighted by Crippen LogP contribution is 2.44. The van der Waals surface area contributed by atoms with Crippen molar-refractivity contribution < 1.29 is 9.90 Å². The lowest BCUT2D eigenvalue weighted by molar-refractivity contribution is -0.138. The second kappa shape index (κ2) is 7.55. The van der Waals surface area contributed by atoms with Gasteiger partial charge in [-0.2, -0.15) is 0 Å². The molecule has 0 atom stereocenters. The van der Waals surface area contributed by atoms with Gasteiger partial charge in [-0.1, -0.05) is 0 Å². The van der Waals surface area contributed by atoms with Crippen LogP contribution in [0.4, 0.5) is 0 Å². The summed E-state index contributed by atoms with van der Waals surface area (Å²) >= 11 is 0. The minimum atomic E-state index is -0.692. The van der Waals surface area contributed by atoms with E-state index in [0.717, 1.165) is 25.7 Å². The highest BCUT2D eigenvalue weighted by atomic mass is 16.4. The standard InChI is InChI=1S/C23H45N3O2/c1-20(2)13-17(14-21(3,4)24(20)9)26(12-11-19(27)28)18-15-22(5,6)25(10)23(7,8)16-18/h17-18H,11-16H2,1-10H3,(H,27,28). The Kier molecular flexibility index (Phi) is 6.37. The summed E-state index contributed by atoms with van der Waals surface area (Å²) in [5.41, 5.74) is 0.406. The number of likely N-dealkylation sites (tertiary alicyclic amines) is 2. The molecule has 0 aromatic rings. The molecular weight excluding hydrogens is 350 g/mol. The van der Waals surface area contributed by atoms with Gasteiger partial charge in [-0.3, -0.25) is 19.5 Å². The Labute approximate surface area is 173 Å². The number of hydrogen-bond acceptors (Lipinski definition) is 4. The number of nitrogens with zero attached hydrogens (tertiary/aromatic N) is 3. The van der Waals surface area contributed by atoms with Gasteiger partial charge in [0.15, 0.2) is 0 Å². The average molecular weight is 396 g/mol. The molecule has 0 amide bonds. The van der Waals surface area contributed by atoms with E-state index in [1.54, 1.807) is 0 Å². The predicted molar refractivity (Wildman–Crippen MR) is 117 cm³/mol. The molecule has 0 aliphatic carbocycles. The van der Waals surface area contributed by atoms with Gasteiger partial charge in [-0.05, 0) is 95.2 Å². The second-order valence-electron chi connectivity index (χ2n) is 11.9. The Hall–Kier alpha value is -0.650. The van der Waals surface area contributed by atoms with Crippen molar-refractivity contribution in [3.8, 4) is 0 Å². The number of carboxylic acid groups (broad SMARTS) is 1. The van der Waals surface area contributed by atoms with E-state index in [1.807, 2.05) is 0 Å². The van der Waals surface area contributed by atoms with Gasteiger partial charge in [-0.15, -0.1) is 0 Å². The SMILES string of the molecule is CN1C(C)(C)CC(N(CCC(=O)O)C2CC(C)(C)N(C)C(C)(C)C2)CC1(C)C. The van der Waals surface area contributed by atoms with E-state index in [1.165, 1.54) is 0 Å². The van der Waals surface area contributed by atoms with Gasteiger partial charge in [0.05, 0.1) is 6.42 Å². The highest BCUT2D eigenvalue weighted by Gasteiger charge is 2.49. The molecule has 2 rings (SSSR count). The Morgan fingerprint density at radius 1 is 0.786 bits per heavy atom. The van der Waals surface area contributed by atoms with Crippen LogP contribution in [0.5, 0.6) is 0 Å². The summed E-state index contributed by atoms with van der Waals surface area (Å²) in [4.78, 5) is 19.0. The molecule has 1 N–H and O–H groups in total. The first kappa shape index (κ1) is 23.6. The summed E-state index contributed by atoms with van der Waals surface area (Å²) in [5.74, 6) is -0.692. The highest BCUT2D eigenvalue weighted by molar-refractivity contribution is 5.66. The molecule has 0 aromatic carbocycles. The minimum absolute atomic E-state index is 0.102. The Balaban J connectivity index is 2.36. The molecule has 2 heterocycles. The van der Waals surface area contributed by atoms with E-state index in [4.69, 9.17) is 0 Å². The lowest BCUT2D eigenvalue weighted by Gasteiger charge is -2.60. The zero-order valence-electron chi connectivity index (χ0n) is 20.1. The van der Waals surface area contributed by atoms with E-state index in [9.17, 15) is 9.90 Å². The first-order chi connectivity index (χ1) is 12.5. The maximum Gasteiger partial charge on any atom is 0.304 e. The Bertz CT molecular complexity index is 504. The van der Waals surface area contributed by atoms with Crippen LogP contribution in [0.1, 0.15) is 87.5 Å². The van der Waals surface area contributed by atoms with Crippen molar-refractivity contribution >= 4 is 5.97 Å². The fourth-order valence-electron chi connectivity index (χ4n) is 5.99. The summed E-state index contributed by atoms with van der Waals surface area (Å²) in [6.45, 7) is 19.3. The van der Waals surface area contributed by atoms with Crippen molar-refractivity contribution in [3.05, 3.63) is 0 Å². The fraction of sp³-hybridized carbons (Fsp3) is 0.957. The van der Waals surface area contributed by atoms with Gasteiger partial charge in [0, 0.05) is 40.8 Å². The van der Waals surface area contributed by atoms with Crippen molar-refractivity contribution in [1.82, 2.24) is 14.7 Å². The number of rotatable bonds is 5. The maximum atomic E-state index is 11.4. The third kappa shape index (κ3) is 4.73. The largest absolute Gasteiger partial charge is 0.481 e. The molecule has 28 heavy (non-hydrogen) atoms. The van der Waals surface area contributed by atoms with Gasteiger partial charge >= 0.3 is 5.97 Å². The summed E-state index contributed by atoms with van der Waals surface area (Å²) in [5, 5.41) is 9.41. The van der Waals surface area contributed by atoms with E-state index >= 15 is 0 Å². The molecule has 0 unspecified atom stereocenters. The van der Waals surface area contributed by atoms with Crippen LogP contribution < -0.4 is 0 Å². The van der Waals surface area contributed by atoms with Crippen molar-refractivity contribution in [2.75, 3.05) is 20.6 Å². The Morgan fingerprint density at radius 3 is 1.32 bits per heavy atom. The van der Waals surface area contributed by atoms with Gasteiger partial charge in [0.25, 0.3) is 0 Å². The molecule has 0 bridgehead atoms. The molecule has 164 valence electrons. The van der Waals surface area contributed by atoms with Crippen LogP contribution in [0.25, 0.3) is 0 Å². The van der Waals surface area contributed by atoms with Crippen LogP contribution >= 0.6 is 0 Å². The number of aliphatic carboxylic acids is 1. The third-order valence-corrected chi connectivity index (χ3v) is 8.09. The first-order valence-electron chi connectivity index (χ1n) is 10.9.